The molecule has 1 aromatic rings. The summed E-state index contributed by atoms with van der Waals surface area (Å²) in [7, 11) is 0. The van der Waals surface area contributed by atoms with Gasteiger partial charge in [-0.15, -0.1) is 11.8 Å². The van der Waals surface area contributed by atoms with Crippen LogP contribution in [-0.2, 0) is 11.2 Å². The Bertz CT molecular complexity index is 470. The highest BCUT2D eigenvalue weighted by Gasteiger charge is 2.01. The summed E-state index contributed by atoms with van der Waals surface area (Å²) >= 11 is 1.88. The Morgan fingerprint density at radius 1 is 0.741 bits per heavy atom. The van der Waals surface area contributed by atoms with E-state index in [-0.39, 0.29) is 6.42 Å². The van der Waals surface area contributed by atoms with Gasteiger partial charge in [-0.05, 0) is 29.9 Å². The summed E-state index contributed by atoms with van der Waals surface area (Å²) < 4.78 is 0. The van der Waals surface area contributed by atoms with E-state index in [4.69, 9.17) is 5.11 Å². The summed E-state index contributed by atoms with van der Waals surface area (Å²) in [5, 5.41) is 8.78. The maximum absolute atomic E-state index is 10.7. The molecule has 0 saturated heterocycles. The lowest BCUT2D eigenvalue weighted by molar-refractivity contribution is -0.136. The zero-order chi connectivity index (χ0) is 19.6. The summed E-state index contributed by atoms with van der Waals surface area (Å²) in [6.07, 6.45) is 19.7. The molecule has 154 valence electrons. The summed E-state index contributed by atoms with van der Waals surface area (Å²) in [6, 6.07) is 7.96. The van der Waals surface area contributed by atoms with Gasteiger partial charge in [0.05, 0.1) is 6.42 Å². The first kappa shape index (κ1) is 24.1. The lowest BCUT2D eigenvalue weighted by atomic mass is 10.0. The van der Waals surface area contributed by atoms with Gasteiger partial charge in [0, 0.05) is 4.90 Å². The number of hydrogen-bond acceptors (Lipinski definition) is 2. The Morgan fingerprint density at radius 3 is 1.63 bits per heavy atom. The molecule has 0 aliphatic carbocycles. The van der Waals surface area contributed by atoms with Crippen molar-refractivity contribution in [1.82, 2.24) is 0 Å². The van der Waals surface area contributed by atoms with Crippen LogP contribution in [0.25, 0.3) is 0 Å². The predicted molar refractivity (Wildman–Crippen MR) is 119 cm³/mol. The molecule has 0 radical (unpaired) electrons. The molecule has 0 spiro atoms. The maximum Gasteiger partial charge on any atom is 0.307 e. The Hall–Kier alpha value is -0.960. The van der Waals surface area contributed by atoms with E-state index < -0.39 is 5.97 Å². The van der Waals surface area contributed by atoms with Gasteiger partial charge < -0.3 is 5.11 Å². The molecule has 0 bridgehead atoms. The number of aliphatic carboxylic acids is 1. The molecule has 0 saturated carbocycles. The molecule has 0 heterocycles. The van der Waals surface area contributed by atoms with Crippen LogP contribution >= 0.6 is 11.8 Å². The molecule has 0 amide bonds. The zero-order valence-corrected chi connectivity index (χ0v) is 18.2. The van der Waals surface area contributed by atoms with Gasteiger partial charge in [-0.1, -0.05) is 103 Å². The monoisotopic (exact) mass is 392 g/mol. The topological polar surface area (TPSA) is 37.3 Å². The third-order valence-electron chi connectivity index (χ3n) is 5.05. The summed E-state index contributed by atoms with van der Waals surface area (Å²) in [5.41, 5.74) is 0.878. The maximum atomic E-state index is 10.7. The van der Waals surface area contributed by atoms with Crippen molar-refractivity contribution < 1.29 is 9.90 Å². The van der Waals surface area contributed by atoms with Crippen molar-refractivity contribution in [3.05, 3.63) is 29.8 Å². The quantitative estimate of drug-likeness (QED) is 0.204. The Morgan fingerprint density at radius 2 is 1.19 bits per heavy atom. The predicted octanol–water partition coefficient (Wildman–Crippen LogP) is 7.89. The lowest BCUT2D eigenvalue weighted by Gasteiger charge is -2.04. The first-order valence-corrected chi connectivity index (χ1v) is 12.1. The minimum atomic E-state index is -0.766. The number of rotatable bonds is 18. The van der Waals surface area contributed by atoms with E-state index in [1.807, 2.05) is 36.0 Å². The first-order valence-electron chi connectivity index (χ1n) is 11.2. The molecule has 0 fully saturated rings. The molecular weight excluding hydrogens is 352 g/mol. The van der Waals surface area contributed by atoms with Crippen molar-refractivity contribution in [1.29, 1.82) is 0 Å². The van der Waals surface area contributed by atoms with Gasteiger partial charge in [0.15, 0.2) is 0 Å². The van der Waals surface area contributed by atoms with Crippen molar-refractivity contribution in [3.8, 4) is 0 Å². The van der Waals surface area contributed by atoms with Gasteiger partial charge in [-0.2, -0.15) is 0 Å². The molecule has 1 aromatic carbocycles. The Kier molecular flexibility index (Phi) is 15.3. The third kappa shape index (κ3) is 14.7. The number of benzene rings is 1. The largest absolute Gasteiger partial charge is 0.481 e. The highest BCUT2D eigenvalue weighted by molar-refractivity contribution is 7.99. The second kappa shape index (κ2) is 17.2. The number of thioether (sulfide) groups is 1. The number of unbranched alkanes of at least 4 members (excludes halogenated alkanes) is 13. The van der Waals surface area contributed by atoms with Crippen LogP contribution in [0, 0.1) is 0 Å². The van der Waals surface area contributed by atoms with Crippen LogP contribution in [0.5, 0.6) is 0 Å². The van der Waals surface area contributed by atoms with E-state index in [0.29, 0.717) is 0 Å². The molecule has 0 atom stereocenters. The van der Waals surface area contributed by atoms with E-state index in [0.717, 1.165) is 11.3 Å². The minimum absolute atomic E-state index is 0.115. The van der Waals surface area contributed by atoms with E-state index in [2.05, 4.69) is 6.92 Å². The van der Waals surface area contributed by atoms with Crippen LogP contribution in [-0.4, -0.2) is 16.8 Å². The molecule has 1 rings (SSSR count). The fraction of sp³-hybridized carbons (Fsp3) is 0.708. The molecule has 3 heteroatoms. The Balaban J connectivity index is 1.84. The van der Waals surface area contributed by atoms with Crippen LogP contribution in [0.2, 0.25) is 0 Å². The summed E-state index contributed by atoms with van der Waals surface area (Å²) in [5.74, 6) is 0.397. The van der Waals surface area contributed by atoms with Crippen LogP contribution in [0.3, 0.4) is 0 Å². The molecular formula is C24H40O2S. The van der Waals surface area contributed by atoms with Gasteiger partial charge >= 0.3 is 5.97 Å². The van der Waals surface area contributed by atoms with Gasteiger partial charge in [-0.3, -0.25) is 4.79 Å². The van der Waals surface area contributed by atoms with Crippen molar-refractivity contribution in [2.24, 2.45) is 0 Å². The zero-order valence-electron chi connectivity index (χ0n) is 17.4. The van der Waals surface area contributed by atoms with Gasteiger partial charge in [-0.25, -0.2) is 0 Å². The molecule has 0 aliphatic heterocycles. The molecule has 0 aromatic heterocycles. The number of carboxylic acid groups (broad SMARTS) is 1. The highest BCUT2D eigenvalue weighted by Crippen LogP contribution is 2.21. The molecule has 2 nitrogen and oxygen atoms in total. The Labute approximate surface area is 171 Å². The summed E-state index contributed by atoms with van der Waals surface area (Å²) in [4.78, 5) is 11.9. The van der Waals surface area contributed by atoms with E-state index in [1.54, 1.807) is 0 Å². The molecule has 0 aliphatic rings. The molecule has 27 heavy (non-hydrogen) atoms. The third-order valence-corrected chi connectivity index (χ3v) is 6.14. The van der Waals surface area contributed by atoms with E-state index in [1.165, 1.54) is 94.8 Å². The molecule has 1 N–H and O–H groups in total. The van der Waals surface area contributed by atoms with Gasteiger partial charge in [0.25, 0.3) is 0 Å². The van der Waals surface area contributed by atoms with Crippen molar-refractivity contribution in [2.75, 3.05) is 5.75 Å². The fourth-order valence-corrected chi connectivity index (χ4v) is 4.28. The average Bonchev–Trinajstić information content (AvgIpc) is 2.66. The van der Waals surface area contributed by atoms with E-state index in [9.17, 15) is 4.79 Å². The highest BCUT2D eigenvalue weighted by atomic mass is 32.2. The van der Waals surface area contributed by atoms with Crippen LogP contribution in [0.4, 0.5) is 0 Å². The minimum Gasteiger partial charge on any atom is -0.481 e. The first-order chi connectivity index (χ1) is 13.2. The van der Waals surface area contributed by atoms with Crippen LogP contribution in [0.1, 0.15) is 102 Å². The number of hydrogen-bond donors (Lipinski definition) is 1. The smallest absolute Gasteiger partial charge is 0.307 e. The van der Waals surface area contributed by atoms with Gasteiger partial charge in [0.2, 0.25) is 0 Å². The van der Waals surface area contributed by atoms with Crippen LogP contribution < -0.4 is 0 Å². The average molecular weight is 393 g/mol. The van der Waals surface area contributed by atoms with E-state index >= 15 is 0 Å². The van der Waals surface area contributed by atoms with Crippen LogP contribution in [0.15, 0.2) is 29.2 Å². The van der Waals surface area contributed by atoms with Gasteiger partial charge in [0.1, 0.15) is 0 Å². The number of carboxylic acids is 1. The van der Waals surface area contributed by atoms with Crippen molar-refractivity contribution in [3.63, 3.8) is 0 Å². The second-order valence-corrected chi connectivity index (χ2v) is 8.83. The number of carbonyl (C=O) groups is 1. The SMILES string of the molecule is CCCCCCCCCCCCCCCCSc1ccc(CC(=O)O)cc1. The molecule has 0 unspecified atom stereocenters. The van der Waals surface area contributed by atoms with Crippen molar-refractivity contribution >= 4 is 17.7 Å². The summed E-state index contributed by atoms with van der Waals surface area (Å²) in [6.45, 7) is 2.28. The fourth-order valence-electron chi connectivity index (χ4n) is 3.36. The standard InChI is InChI=1S/C24H40O2S/c1-2-3-4-5-6-7-8-9-10-11-12-13-14-15-20-27-23-18-16-22(17-19-23)21-24(25)26/h16-19H,2-15,20-21H2,1H3,(H,25,26). The van der Waals surface area contributed by atoms with Crippen molar-refractivity contribution in [2.45, 2.75) is 108 Å². The second-order valence-electron chi connectivity index (χ2n) is 7.66. The lowest BCUT2D eigenvalue weighted by Crippen LogP contribution is -1.99. The normalized spacial score (nSPS) is 11.0.